The fourth-order valence-electron chi connectivity index (χ4n) is 3.70. The summed E-state index contributed by atoms with van der Waals surface area (Å²) in [7, 11) is 0. The molecule has 0 spiro atoms. The highest BCUT2D eigenvalue weighted by atomic mass is 16.4. The third-order valence-corrected chi connectivity index (χ3v) is 5.05. The number of carbonyl (C=O) groups excluding carboxylic acids is 2. The van der Waals surface area contributed by atoms with E-state index in [0.29, 0.717) is 5.56 Å². The Morgan fingerprint density at radius 2 is 1.57 bits per heavy atom. The maximum atomic E-state index is 13.6. The first-order valence-electron chi connectivity index (χ1n) is 8.47. The minimum absolute atomic E-state index is 0.0860. The highest BCUT2D eigenvalue weighted by Crippen LogP contribution is 2.44. The molecule has 0 saturated heterocycles. The lowest BCUT2D eigenvalue weighted by Gasteiger charge is -2.39. The maximum Gasteiger partial charge on any atom is 0.329 e. The molecule has 0 aliphatic heterocycles. The van der Waals surface area contributed by atoms with Crippen molar-refractivity contribution in [3.05, 3.63) is 77.6 Å². The van der Waals surface area contributed by atoms with Gasteiger partial charge in [-0.15, -0.1) is 0 Å². The number of hydrogen-bond acceptors (Lipinski definition) is 5. The van der Waals surface area contributed by atoms with Gasteiger partial charge in [-0.3, -0.25) is 24.2 Å². The van der Waals surface area contributed by atoms with Crippen molar-refractivity contribution in [1.82, 2.24) is 4.98 Å². The topological polar surface area (TPSA) is 122 Å². The molecule has 0 amide bonds. The fraction of sp³-hybridized carbons (Fsp3) is 0.190. The van der Waals surface area contributed by atoms with E-state index in [4.69, 9.17) is 0 Å². The van der Waals surface area contributed by atoms with Gasteiger partial charge in [-0.2, -0.15) is 0 Å². The SMILES string of the molecule is CC1=CC(Cc2ccccc2)(C(=O)O)C(=O)C(C(=O)O)(c2ccncc2)C1=O. The van der Waals surface area contributed by atoms with E-state index in [9.17, 15) is 29.4 Å². The lowest BCUT2D eigenvalue weighted by Crippen LogP contribution is -2.61. The van der Waals surface area contributed by atoms with E-state index in [1.807, 2.05) is 0 Å². The Labute approximate surface area is 160 Å². The van der Waals surface area contributed by atoms with Crippen molar-refractivity contribution in [1.29, 1.82) is 0 Å². The summed E-state index contributed by atoms with van der Waals surface area (Å²) in [5.41, 5.74) is -4.50. The number of pyridine rings is 1. The van der Waals surface area contributed by atoms with Crippen LogP contribution < -0.4 is 0 Å². The predicted octanol–water partition coefficient (Wildman–Crippen LogP) is 1.82. The summed E-state index contributed by atoms with van der Waals surface area (Å²) >= 11 is 0. The Hall–Kier alpha value is -3.61. The number of carboxylic acid groups (broad SMARTS) is 2. The summed E-state index contributed by atoms with van der Waals surface area (Å²) < 4.78 is 0. The molecule has 3 rings (SSSR count). The molecule has 1 aliphatic rings. The molecule has 7 heteroatoms. The molecular weight excluding hydrogens is 362 g/mol. The first kappa shape index (κ1) is 19.2. The van der Waals surface area contributed by atoms with Crippen LogP contribution in [0.3, 0.4) is 0 Å². The van der Waals surface area contributed by atoms with Crippen LogP contribution in [0, 0.1) is 5.41 Å². The molecule has 1 aromatic carbocycles. The van der Waals surface area contributed by atoms with E-state index in [-0.39, 0.29) is 17.6 Å². The Morgan fingerprint density at radius 3 is 2.11 bits per heavy atom. The molecular formula is C21H17NO6. The maximum absolute atomic E-state index is 13.6. The van der Waals surface area contributed by atoms with Gasteiger partial charge in [0.1, 0.15) is 0 Å². The third kappa shape index (κ3) is 2.63. The number of Topliss-reactive ketones (excluding diaryl/α,β-unsaturated/α-hetero) is 2. The van der Waals surface area contributed by atoms with E-state index in [2.05, 4.69) is 4.98 Å². The molecule has 0 fully saturated rings. The zero-order valence-electron chi connectivity index (χ0n) is 15.0. The minimum atomic E-state index is -2.64. The fourth-order valence-corrected chi connectivity index (χ4v) is 3.70. The van der Waals surface area contributed by atoms with Crippen LogP contribution in [0.5, 0.6) is 0 Å². The number of aromatic nitrogens is 1. The smallest absolute Gasteiger partial charge is 0.329 e. The van der Waals surface area contributed by atoms with Crippen molar-refractivity contribution < 1.29 is 29.4 Å². The van der Waals surface area contributed by atoms with Gasteiger partial charge >= 0.3 is 11.9 Å². The van der Waals surface area contributed by atoms with E-state index >= 15 is 0 Å². The van der Waals surface area contributed by atoms with Crippen molar-refractivity contribution in [2.75, 3.05) is 0 Å². The summed E-state index contributed by atoms with van der Waals surface area (Å²) in [5, 5.41) is 20.0. The van der Waals surface area contributed by atoms with Gasteiger partial charge in [0, 0.05) is 12.4 Å². The van der Waals surface area contributed by atoms with E-state index in [1.54, 1.807) is 30.3 Å². The summed E-state index contributed by atoms with van der Waals surface area (Å²) in [4.78, 5) is 55.0. The molecule has 7 nitrogen and oxygen atoms in total. The largest absolute Gasteiger partial charge is 0.480 e. The molecule has 1 aliphatic carbocycles. The van der Waals surface area contributed by atoms with Gasteiger partial charge < -0.3 is 10.2 Å². The average molecular weight is 379 g/mol. The molecule has 0 bridgehead atoms. The number of rotatable bonds is 5. The predicted molar refractivity (Wildman–Crippen MR) is 97.5 cm³/mol. The second kappa shape index (κ2) is 6.84. The van der Waals surface area contributed by atoms with Crippen LogP contribution in [0.25, 0.3) is 0 Å². The number of hydrogen-bond donors (Lipinski definition) is 2. The van der Waals surface area contributed by atoms with Crippen molar-refractivity contribution in [2.45, 2.75) is 18.8 Å². The van der Waals surface area contributed by atoms with Gasteiger partial charge in [0.25, 0.3) is 0 Å². The van der Waals surface area contributed by atoms with Gasteiger partial charge in [-0.1, -0.05) is 36.4 Å². The average Bonchev–Trinajstić information content (AvgIpc) is 2.68. The Morgan fingerprint density at radius 1 is 0.964 bits per heavy atom. The monoisotopic (exact) mass is 379 g/mol. The van der Waals surface area contributed by atoms with Crippen LogP contribution in [0.15, 0.2) is 66.5 Å². The molecule has 0 saturated carbocycles. The van der Waals surface area contributed by atoms with E-state index in [0.717, 1.165) is 6.08 Å². The first-order chi connectivity index (χ1) is 13.3. The zero-order chi connectivity index (χ0) is 20.5. The summed E-state index contributed by atoms with van der Waals surface area (Å²) in [6.45, 7) is 1.33. The quantitative estimate of drug-likeness (QED) is 0.760. The Bertz CT molecular complexity index is 998. The third-order valence-electron chi connectivity index (χ3n) is 5.05. The number of ketones is 2. The second-order valence-corrected chi connectivity index (χ2v) is 6.72. The Balaban J connectivity index is 2.31. The number of allylic oxidation sites excluding steroid dienone is 1. The zero-order valence-corrected chi connectivity index (χ0v) is 15.0. The summed E-state index contributed by atoms with van der Waals surface area (Å²) in [6, 6.07) is 10.9. The van der Waals surface area contributed by atoms with E-state index < -0.39 is 34.3 Å². The van der Waals surface area contributed by atoms with Gasteiger partial charge in [-0.25, -0.2) is 0 Å². The number of carbonyl (C=O) groups is 4. The van der Waals surface area contributed by atoms with Gasteiger partial charge in [0.15, 0.2) is 17.0 Å². The lowest BCUT2D eigenvalue weighted by atomic mass is 9.57. The number of carboxylic acids is 2. The minimum Gasteiger partial charge on any atom is -0.480 e. The highest BCUT2D eigenvalue weighted by molar-refractivity contribution is 6.37. The molecule has 2 N–H and O–H groups in total. The second-order valence-electron chi connectivity index (χ2n) is 6.72. The van der Waals surface area contributed by atoms with Gasteiger partial charge in [-0.05, 0) is 42.2 Å². The van der Waals surface area contributed by atoms with Crippen LogP contribution in [-0.4, -0.2) is 38.7 Å². The molecule has 142 valence electrons. The molecule has 28 heavy (non-hydrogen) atoms. The van der Waals surface area contributed by atoms with Gasteiger partial charge in [0.05, 0.1) is 0 Å². The first-order valence-corrected chi connectivity index (χ1v) is 8.47. The van der Waals surface area contributed by atoms with Crippen LogP contribution >= 0.6 is 0 Å². The molecule has 2 aromatic rings. The molecule has 2 unspecified atom stereocenters. The molecule has 2 atom stereocenters. The van der Waals surface area contributed by atoms with E-state index in [1.165, 1.54) is 31.5 Å². The number of benzene rings is 1. The highest BCUT2D eigenvalue weighted by Gasteiger charge is 2.65. The molecule has 1 aromatic heterocycles. The van der Waals surface area contributed by atoms with Gasteiger partial charge in [0.2, 0.25) is 5.41 Å². The van der Waals surface area contributed by atoms with Crippen molar-refractivity contribution in [3.8, 4) is 0 Å². The Kier molecular flexibility index (Phi) is 4.68. The van der Waals surface area contributed by atoms with Crippen LogP contribution in [0.1, 0.15) is 18.1 Å². The van der Waals surface area contributed by atoms with Crippen molar-refractivity contribution in [2.24, 2.45) is 5.41 Å². The lowest BCUT2D eigenvalue weighted by molar-refractivity contribution is -0.161. The van der Waals surface area contributed by atoms with Crippen LogP contribution in [0.4, 0.5) is 0 Å². The van der Waals surface area contributed by atoms with Crippen molar-refractivity contribution in [3.63, 3.8) is 0 Å². The van der Waals surface area contributed by atoms with Crippen LogP contribution in [0.2, 0.25) is 0 Å². The number of nitrogens with zero attached hydrogens (tertiary/aromatic N) is 1. The van der Waals surface area contributed by atoms with Crippen LogP contribution in [-0.2, 0) is 31.0 Å². The summed E-state index contributed by atoms with van der Waals surface area (Å²) in [5.74, 6) is -5.35. The molecule has 0 radical (unpaired) electrons. The molecule has 1 heterocycles. The number of aliphatic carboxylic acids is 2. The normalized spacial score (nSPS) is 24.5. The standard InChI is InChI=1S/C21H17NO6/c1-13-11-20(18(25)26,12-14-5-3-2-4-6-14)17(24)21(16(13)23,19(27)28)15-7-9-22-10-8-15/h2-11H,12H2,1H3,(H,25,26)(H,27,28). The van der Waals surface area contributed by atoms with Crippen molar-refractivity contribution >= 4 is 23.5 Å². The summed E-state index contributed by atoms with van der Waals surface area (Å²) in [6.07, 6.45) is 3.32.